The summed E-state index contributed by atoms with van der Waals surface area (Å²) in [6.45, 7) is 4.20. The van der Waals surface area contributed by atoms with Crippen LogP contribution in [0.1, 0.15) is 36.6 Å². The van der Waals surface area contributed by atoms with Crippen LogP contribution in [0.25, 0.3) is 0 Å². The van der Waals surface area contributed by atoms with Crippen molar-refractivity contribution in [3.05, 3.63) is 53.5 Å². The lowest BCUT2D eigenvalue weighted by molar-refractivity contribution is -0.143. The Labute approximate surface area is 167 Å². The number of amides is 1. The number of rotatable bonds is 2. The van der Waals surface area contributed by atoms with E-state index < -0.39 is 17.3 Å². The van der Waals surface area contributed by atoms with E-state index in [1.54, 1.807) is 0 Å². The zero-order valence-electron chi connectivity index (χ0n) is 16.2. The number of hydrogen-bond acceptors (Lipinski definition) is 4. The van der Waals surface area contributed by atoms with Crippen LogP contribution in [0.2, 0.25) is 0 Å². The molecule has 0 aliphatic carbocycles. The molecule has 0 bridgehead atoms. The summed E-state index contributed by atoms with van der Waals surface area (Å²) in [4.78, 5) is 24.5. The number of hydrogen-bond donors (Lipinski definition) is 0. The summed E-state index contributed by atoms with van der Waals surface area (Å²) >= 11 is 0. The lowest BCUT2D eigenvalue weighted by Gasteiger charge is -2.42. The van der Waals surface area contributed by atoms with Crippen LogP contribution in [0.15, 0.2) is 36.7 Å². The van der Waals surface area contributed by atoms with Crippen LogP contribution in [0.3, 0.4) is 0 Å². The summed E-state index contributed by atoms with van der Waals surface area (Å²) in [5.74, 6) is 0.408. The average molecular weight is 404 g/mol. The zero-order valence-corrected chi connectivity index (χ0v) is 16.2. The van der Waals surface area contributed by atoms with E-state index in [0.29, 0.717) is 45.4 Å². The van der Waals surface area contributed by atoms with Gasteiger partial charge in [0.05, 0.1) is 5.41 Å². The predicted molar refractivity (Wildman–Crippen MR) is 102 cm³/mol. The number of piperidine rings is 1. The average Bonchev–Trinajstić information content (AvgIpc) is 2.83. The number of alkyl halides is 3. The van der Waals surface area contributed by atoms with E-state index in [2.05, 4.69) is 22.1 Å². The first-order valence-electron chi connectivity index (χ1n) is 9.83. The normalized spacial score (nSPS) is 19.2. The van der Waals surface area contributed by atoms with Crippen LogP contribution < -0.4 is 4.90 Å². The van der Waals surface area contributed by atoms with E-state index >= 15 is 0 Å². The van der Waals surface area contributed by atoms with Crippen molar-refractivity contribution in [2.24, 2.45) is 5.41 Å². The van der Waals surface area contributed by atoms with Gasteiger partial charge in [-0.25, -0.2) is 9.97 Å². The van der Waals surface area contributed by atoms with E-state index in [4.69, 9.17) is 0 Å². The quantitative estimate of drug-likeness (QED) is 0.766. The molecule has 1 amide bonds. The fraction of sp³-hybridized carbons (Fsp3) is 0.476. The number of benzene rings is 1. The second-order valence-corrected chi connectivity index (χ2v) is 7.79. The van der Waals surface area contributed by atoms with Crippen molar-refractivity contribution in [2.45, 2.75) is 38.9 Å². The lowest BCUT2D eigenvalue weighted by atomic mass is 9.73. The van der Waals surface area contributed by atoms with Crippen molar-refractivity contribution in [3.63, 3.8) is 0 Å². The summed E-state index contributed by atoms with van der Waals surface area (Å²) in [5, 5.41) is 0. The van der Waals surface area contributed by atoms with Gasteiger partial charge in [-0.1, -0.05) is 24.3 Å². The van der Waals surface area contributed by atoms with Crippen LogP contribution in [0.5, 0.6) is 0 Å². The monoisotopic (exact) mass is 404 g/mol. The molecule has 29 heavy (non-hydrogen) atoms. The Hall–Kier alpha value is -2.64. The van der Waals surface area contributed by atoms with Crippen molar-refractivity contribution < 1.29 is 18.0 Å². The van der Waals surface area contributed by atoms with E-state index in [9.17, 15) is 18.0 Å². The standard InChI is InChI=1S/C21H23F3N4O/c1-2-27-13-16-6-4-3-5-15(16)12-20(19(27)29)7-9-28(10-8-20)18-11-17(21(22,23)24)25-14-26-18/h3-6,11,14H,2,7-10,12-13H2,1H3. The third-order valence-electron chi connectivity index (χ3n) is 6.12. The molecule has 2 aromatic rings. The van der Waals surface area contributed by atoms with Crippen LogP contribution in [0.4, 0.5) is 19.0 Å². The Morgan fingerprint density at radius 2 is 1.79 bits per heavy atom. The van der Waals surface area contributed by atoms with E-state index in [0.717, 1.165) is 12.4 Å². The van der Waals surface area contributed by atoms with Gasteiger partial charge in [-0.2, -0.15) is 13.2 Å². The minimum absolute atomic E-state index is 0.148. The third-order valence-corrected chi connectivity index (χ3v) is 6.12. The molecular formula is C21H23F3N4O. The zero-order chi connectivity index (χ0) is 20.6. The van der Waals surface area contributed by atoms with Gasteiger partial charge in [0.25, 0.3) is 0 Å². The Kier molecular flexibility index (Phi) is 4.96. The highest BCUT2D eigenvalue weighted by Crippen LogP contribution is 2.41. The van der Waals surface area contributed by atoms with Crippen molar-refractivity contribution in [1.82, 2.24) is 14.9 Å². The molecule has 0 unspecified atom stereocenters. The SMILES string of the molecule is CCN1Cc2ccccc2CC2(CCN(c3cc(C(F)(F)F)ncn3)CC2)C1=O. The molecule has 1 spiro atoms. The maximum absolute atomic E-state index is 13.4. The number of halogens is 3. The van der Waals surface area contributed by atoms with Crippen molar-refractivity contribution in [2.75, 3.05) is 24.5 Å². The van der Waals surface area contributed by atoms with E-state index in [1.165, 1.54) is 11.1 Å². The Morgan fingerprint density at radius 3 is 2.45 bits per heavy atom. The Bertz CT molecular complexity index is 907. The van der Waals surface area contributed by atoms with Crippen molar-refractivity contribution >= 4 is 11.7 Å². The highest BCUT2D eigenvalue weighted by Gasteiger charge is 2.45. The van der Waals surface area contributed by atoms with Crippen LogP contribution in [-0.2, 0) is 23.9 Å². The summed E-state index contributed by atoms with van der Waals surface area (Å²) < 4.78 is 38.9. The van der Waals surface area contributed by atoms with E-state index in [1.807, 2.05) is 28.9 Å². The largest absolute Gasteiger partial charge is 0.433 e. The van der Waals surface area contributed by atoms with Gasteiger partial charge in [0.15, 0.2) is 0 Å². The Balaban J connectivity index is 1.58. The van der Waals surface area contributed by atoms with E-state index in [-0.39, 0.29) is 11.7 Å². The maximum Gasteiger partial charge on any atom is 0.433 e. The summed E-state index contributed by atoms with van der Waals surface area (Å²) in [5.41, 5.74) is 0.901. The highest BCUT2D eigenvalue weighted by molar-refractivity contribution is 5.84. The maximum atomic E-state index is 13.4. The molecule has 2 aliphatic rings. The molecule has 8 heteroatoms. The van der Waals surface area contributed by atoms with Gasteiger partial charge in [0, 0.05) is 32.2 Å². The molecule has 1 aromatic carbocycles. The first-order valence-corrected chi connectivity index (χ1v) is 9.83. The summed E-state index contributed by atoms with van der Waals surface area (Å²) in [6.07, 6.45) is -1.71. The molecule has 1 fully saturated rings. The topological polar surface area (TPSA) is 49.3 Å². The smallest absolute Gasteiger partial charge is 0.356 e. The molecule has 0 N–H and O–H groups in total. The number of aromatic nitrogens is 2. The van der Waals surface area contributed by atoms with Gasteiger partial charge in [0.1, 0.15) is 17.8 Å². The second kappa shape index (κ2) is 7.31. The number of fused-ring (bicyclic) bond motifs is 1. The van der Waals surface area contributed by atoms with Crippen molar-refractivity contribution in [1.29, 1.82) is 0 Å². The number of carbonyl (C=O) groups excluding carboxylic acids is 1. The van der Waals surface area contributed by atoms with Gasteiger partial charge >= 0.3 is 6.18 Å². The molecule has 1 aromatic heterocycles. The molecule has 0 radical (unpaired) electrons. The van der Waals surface area contributed by atoms with Gasteiger partial charge in [-0.05, 0) is 37.3 Å². The molecule has 0 atom stereocenters. The Morgan fingerprint density at radius 1 is 1.10 bits per heavy atom. The van der Waals surface area contributed by atoms with Crippen LogP contribution >= 0.6 is 0 Å². The van der Waals surface area contributed by atoms with Gasteiger partial charge in [0.2, 0.25) is 5.91 Å². The van der Waals surface area contributed by atoms with Crippen LogP contribution in [-0.4, -0.2) is 40.4 Å². The van der Waals surface area contributed by atoms with Gasteiger partial charge in [-0.15, -0.1) is 0 Å². The molecule has 154 valence electrons. The molecule has 1 saturated heterocycles. The molecule has 2 aliphatic heterocycles. The van der Waals surface area contributed by atoms with Gasteiger partial charge in [-0.3, -0.25) is 4.79 Å². The minimum Gasteiger partial charge on any atom is -0.356 e. The fourth-order valence-electron chi connectivity index (χ4n) is 4.42. The molecule has 5 nitrogen and oxygen atoms in total. The highest BCUT2D eigenvalue weighted by atomic mass is 19.4. The molecule has 3 heterocycles. The number of nitrogens with zero attached hydrogens (tertiary/aromatic N) is 4. The molecular weight excluding hydrogens is 381 g/mol. The third kappa shape index (κ3) is 3.68. The summed E-state index contributed by atoms with van der Waals surface area (Å²) in [6, 6.07) is 9.12. The molecule has 4 rings (SSSR count). The molecule has 0 saturated carbocycles. The second-order valence-electron chi connectivity index (χ2n) is 7.79. The number of anilines is 1. The first-order chi connectivity index (χ1) is 13.8. The number of carbonyl (C=O) groups is 1. The van der Waals surface area contributed by atoms with Crippen molar-refractivity contribution in [3.8, 4) is 0 Å². The summed E-state index contributed by atoms with van der Waals surface area (Å²) in [7, 11) is 0. The lowest BCUT2D eigenvalue weighted by Crippen LogP contribution is -2.50. The first kappa shape index (κ1) is 19.7. The predicted octanol–water partition coefficient (Wildman–Crippen LogP) is 3.69. The minimum atomic E-state index is -4.50. The van der Waals surface area contributed by atoms with Crippen LogP contribution in [0, 0.1) is 5.41 Å². The fourth-order valence-corrected chi connectivity index (χ4v) is 4.42. The van der Waals surface area contributed by atoms with Gasteiger partial charge < -0.3 is 9.80 Å².